The first-order valence-electron chi connectivity index (χ1n) is 8.19. The first-order valence-corrected chi connectivity index (χ1v) is 8.19. The van der Waals surface area contributed by atoms with Gasteiger partial charge in [-0.15, -0.1) is 0 Å². The highest BCUT2D eigenvalue weighted by molar-refractivity contribution is 5.85. The number of anilines is 2. The normalized spacial score (nSPS) is 10.2. The van der Waals surface area contributed by atoms with E-state index in [0.29, 0.717) is 0 Å². The van der Waals surface area contributed by atoms with Gasteiger partial charge in [0.05, 0.1) is 18.5 Å². The molecule has 0 aromatic heterocycles. The van der Waals surface area contributed by atoms with Crippen molar-refractivity contribution in [3.63, 3.8) is 0 Å². The lowest BCUT2D eigenvalue weighted by atomic mass is 10.0. The highest BCUT2D eigenvalue weighted by atomic mass is 16.5. The van der Waals surface area contributed by atoms with E-state index >= 15 is 0 Å². The van der Waals surface area contributed by atoms with Gasteiger partial charge >= 0.3 is 0 Å². The SMILES string of the molecule is C=C(Nc1cc(-c2ccccc2)ccc1NC)c1ccc(OC)cc1. The number of methoxy groups -OCH3 is 1. The van der Waals surface area contributed by atoms with Crippen molar-refractivity contribution >= 4 is 17.1 Å². The fourth-order valence-corrected chi connectivity index (χ4v) is 2.70. The molecule has 3 heteroatoms. The second kappa shape index (κ2) is 7.58. The van der Waals surface area contributed by atoms with Gasteiger partial charge in [0.15, 0.2) is 0 Å². The van der Waals surface area contributed by atoms with Crippen LogP contribution in [0.3, 0.4) is 0 Å². The molecule has 2 N–H and O–H groups in total. The summed E-state index contributed by atoms with van der Waals surface area (Å²) in [5.74, 6) is 0.832. The number of ether oxygens (including phenoxy) is 1. The second-order valence-corrected chi connectivity index (χ2v) is 5.71. The molecule has 0 atom stereocenters. The van der Waals surface area contributed by atoms with E-state index in [9.17, 15) is 0 Å². The van der Waals surface area contributed by atoms with Crippen molar-refractivity contribution in [2.24, 2.45) is 0 Å². The Kier molecular flexibility index (Phi) is 5.05. The summed E-state index contributed by atoms with van der Waals surface area (Å²) < 4.78 is 5.21. The van der Waals surface area contributed by atoms with Crippen LogP contribution < -0.4 is 15.4 Å². The third-order valence-corrected chi connectivity index (χ3v) is 4.12. The molecular formula is C22H22N2O. The predicted octanol–water partition coefficient (Wildman–Crippen LogP) is 5.49. The van der Waals surface area contributed by atoms with Gasteiger partial charge in [-0.3, -0.25) is 0 Å². The van der Waals surface area contributed by atoms with Crippen molar-refractivity contribution in [1.82, 2.24) is 0 Å². The Balaban J connectivity index is 1.88. The summed E-state index contributed by atoms with van der Waals surface area (Å²) in [6, 6.07) is 24.5. The number of nitrogens with one attached hydrogen (secondary N) is 2. The third-order valence-electron chi connectivity index (χ3n) is 4.12. The highest BCUT2D eigenvalue weighted by Crippen LogP contribution is 2.31. The molecule has 0 bridgehead atoms. The summed E-state index contributed by atoms with van der Waals surface area (Å²) in [6.45, 7) is 4.17. The molecule has 126 valence electrons. The zero-order valence-corrected chi connectivity index (χ0v) is 14.5. The average molecular weight is 330 g/mol. The van der Waals surface area contributed by atoms with Gasteiger partial charge in [-0.05, 0) is 53.1 Å². The number of hydrogen-bond donors (Lipinski definition) is 2. The van der Waals surface area contributed by atoms with Gasteiger partial charge in [0, 0.05) is 12.7 Å². The van der Waals surface area contributed by atoms with Crippen molar-refractivity contribution in [2.45, 2.75) is 0 Å². The van der Waals surface area contributed by atoms with E-state index in [0.717, 1.165) is 33.9 Å². The molecule has 3 aromatic carbocycles. The van der Waals surface area contributed by atoms with E-state index in [1.54, 1.807) is 7.11 Å². The molecule has 0 aliphatic carbocycles. The molecule has 0 unspecified atom stereocenters. The van der Waals surface area contributed by atoms with E-state index in [-0.39, 0.29) is 0 Å². The van der Waals surface area contributed by atoms with Crippen molar-refractivity contribution in [1.29, 1.82) is 0 Å². The quantitative estimate of drug-likeness (QED) is 0.627. The molecule has 25 heavy (non-hydrogen) atoms. The smallest absolute Gasteiger partial charge is 0.118 e. The third kappa shape index (κ3) is 3.83. The molecule has 0 aliphatic heterocycles. The van der Waals surface area contributed by atoms with Gasteiger partial charge in [0.1, 0.15) is 5.75 Å². The van der Waals surface area contributed by atoms with E-state index in [2.05, 4.69) is 47.5 Å². The minimum atomic E-state index is 0.832. The van der Waals surface area contributed by atoms with Gasteiger partial charge in [0.25, 0.3) is 0 Å². The van der Waals surface area contributed by atoms with Crippen molar-refractivity contribution in [3.05, 3.63) is 84.9 Å². The van der Waals surface area contributed by atoms with Gasteiger partial charge in [-0.25, -0.2) is 0 Å². The predicted molar refractivity (Wildman–Crippen MR) is 107 cm³/mol. The van der Waals surface area contributed by atoms with E-state index in [4.69, 9.17) is 4.74 Å². The Morgan fingerprint density at radius 1 is 0.840 bits per heavy atom. The van der Waals surface area contributed by atoms with Crippen LogP contribution >= 0.6 is 0 Å². The van der Waals surface area contributed by atoms with Gasteiger partial charge < -0.3 is 15.4 Å². The maximum Gasteiger partial charge on any atom is 0.118 e. The Morgan fingerprint density at radius 2 is 1.56 bits per heavy atom. The van der Waals surface area contributed by atoms with E-state index in [1.165, 1.54) is 5.56 Å². The Bertz CT molecular complexity index is 855. The van der Waals surface area contributed by atoms with E-state index < -0.39 is 0 Å². The topological polar surface area (TPSA) is 33.3 Å². The van der Waals surface area contributed by atoms with Gasteiger partial charge in [0.2, 0.25) is 0 Å². The van der Waals surface area contributed by atoms with Crippen LogP contribution in [-0.2, 0) is 0 Å². The molecule has 0 saturated heterocycles. The van der Waals surface area contributed by atoms with Crippen LogP contribution in [0.4, 0.5) is 11.4 Å². The number of rotatable bonds is 6. The second-order valence-electron chi connectivity index (χ2n) is 5.71. The average Bonchev–Trinajstić information content (AvgIpc) is 2.68. The molecule has 0 aliphatic rings. The summed E-state index contributed by atoms with van der Waals surface area (Å²) in [5, 5.41) is 6.65. The van der Waals surface area contributed by atoms with Crippen LogP contribution in [-0.4, -0.2) is 14.2 Å². The summed E-state index contributed by atoms with van der Waals surface area (Å²) in [5.41, 5.74) is 6.21. The van der Waals surface area contributed by atoms with Gasteiger partial charge in [-0.1, -0.05) is 43.0 Å². The molecule has 3 aromatic rings. The van der Waals surface area contributed by atoms with Crippen LogP contribution in [0.2, 0.25) is 0 Å². The summed E-state index contributed by atoms with van der Waals surface area (Å²) in [6.07, 6.45) is 0. The monoisotopic (exact) mass is 330 g/mol. The minimum absolute atomic E-state index is 0.832. The zero-order valence-electron chi connectivity index (χ0n) is 14.5. The van der Waals surface area contributed by atoms with Crippen LogP contribution in [0.5, 0.6) is 5.75 Å². The Hall–Kier alpha value is -3.20. The van der Waals surface area contributed by atoms with Crippen molar-refractivity contribution in [3.8, 4) is 16.9 Å². The number of benzene rings is 3. The minimum Gasteiger partial charge on any atom is -0.497 e. The molecular weight excluding hydrogens is 308 g/mol. The standard InChI is InChI=1S/C22H22N2O/c1-16(17-9-12-20(25-3)13-10-17)24-22-15-19(11-14-21(22)23-2)18-7-5-4-6-8-18/h4-15,23-24H,1H2,2-3H3. The van der Waals surface area contributed by atoms with Gasteiger partial charge in [-0.2, -0.15) is 0 Å². The summed E-state index contributed by atoms with van der Waals surface area (Å²) in [4.78, 5) is 0. The first-order chi connectivity index (χ1) is 12.2. The first kappa shape index (κ1) is 16.7. The van der Waals surface area contributed by atoms with Crippen LogP contribution in [0.15, 0.2) is 79.4 Å². The highest BCUT2D eigenvalue weighted by Gasteiger charge is 2.07. The lowest BCUT2D eigenvalue weighted by Gasteiger charge is -2.16. The Labute approximate surface area is 149 Å². The number of hydrogen-bond acceptors (Lipinski definition) is 3. The molecule has 0 heterocycles. The molecule has 0 saturated carbocycles. The molecule has 0 radical (unpaired) electrons. The molecule has 0 fully saturated rings. The largest absolute Gasteiger partial charge is 0.497 e. The lowest BCUT2D eigenvalue weighted by Crippen LogP contribution is -2.01. The summed E-state index contributed by atoms with van der Waals surface area (Å²) >= 11 is 0. The van der Waals surface area contributed by atoms with Crippen LogP contribution in [0.25, 0.3) is 16.8 Å². The maximum absolute atomic E-state index is 5.21. The van der Waals surface area contributed by atoms with Crippen LogP contribution in [0.1, 0.15) is 5.56 Å². The fraction of sp³-hybridized carbons (Fsp3) is 0.0909. The molecule has 3 nitrogen and oxygen atoms in total. The Morgan fingerprint density at radius 3 is 2.20 bits per heavy atom. The van der Waals surface area contributed by atoms with Crippen molar-refractivity contribution < 1.29 is 4.74 Å². The summed E-state index contributed by atoms with van der Waals surface area (Å²) in [7, 11) is 3.58. The van der Waals surface area contributed by atoms with Crippen molar-refractivity contribution in [2.75, 3.05) is 24.8 Å². The van der Waals surface area contributed by atoms with Crippen LogP contribution in [0, 0.1) is 0 Å². The molecule has 0 spiro atoms. The van der Waals surface area contributed by atoms with E-state index in [1.807, 2.05) is 49.5 Å². The molecule has 0 amide bonds. The fourth-order valence-electron chi connectivity index (χ4n) is 2.70. The lowest BCUT2D eigenvalue weighted by molar-refractivity contribution is 0.415. The maximum atomic E-state index is 5.21. The molecule has 3 rings (SSSR count). The zero-order chi connectivity index (χ0) is 17.6.